The number of aromatic carboxylic acids is 1. The van der Waals surface area contributed by atoms with E-state index in [-0.39, 0.29) is 5.56 Å². The van der Waals surface area contributed by atoms with Crippen molar-refractivity contribution in [1.82, 2.24) is 10.2 Å². The van der Waals surface area contributed by atoms with Gasteiger partial charge in [-0.2, -0.15) is 5.10 Å². The molecule has 0 amide bonds. The van der Waals surface area contributed by atoms with Crippen LogP contribution in [0.15, 0.2) is 24.3 Å². The van der Waals surface area contributed by atoms with Gasteiger partial charge in [-0.25, -0.2) is 4.79 Å². The predicted octanol–water partition coefficient (Wildman–Crippen LogP) is 1.67. The lowest BCUT2D eigenvalue weighted by molar-refractivity contribution is 0.0697. The summed E-state index contributed by atoms with van der Waals surface area (Å²) in [6.45, 7) is 1.67. The van der Waals surface area contributed by atoms with Crippen molar-refractivity contribution in [2.24, 2.45) is 0 Å². The van der Waals surface area contributed by atoms with Gasteiger partial charge in [-0.05, 0) is 13.0 Å². The van der Waals surface area contributed by atoms with Crippen LogP contribution in [0.25, 0.3) is 11.3 Å². The third kappa shape index (κ3) is 1.52. The number of carboxylic acid groups (broad SMARTS) is 1. The largest absolute Gasteiger partial charge is 0.478 e. The zero-order chi connectivity index (χ0) is 11.7. The van der Waals surface area contributed by atoms with E-state index in [1.807, 2.05) is 0 Å². The Bertz CT molecular complexity index is 546. The second-order valence-electron chi connectivity index (χ2n) is 3.46. The molecule has 1 aromatic heterocycles. The molecule has 0 atom stereocenters. The van der Waals surface area contributed by atoms with Crippen molar-refractivity contribution >= 4 is 11.7 Å². The quantitative estimate of drug-likeness (QED) is 0.667. The van der Waals surface area contributed by atoms with Gasteiger partial charge in [0.15, 0.2) is 0 Å². The monoisotopic (exact) mass is 217 g/mol. The summed E-state index contributed by atoms with van der Waals surface area (Å²) < 4.78 is 0. The lowest BCUT2D eigenvalue weighted by Crippen LogP contribution is -2.00. The maximum absolute atomic E-state index is 11.1. The van der Waals surface area contributed by atoms with Crippen LogP contribution in [0.3, 0.4) is 0 Å². The Morgan fingerprint density at radius 3 is 2.75 bits per heavy atom. The minimum Gasteiger partial charge on any atom is -0.478 e. The van der Waals surface area contributed by atoms with Gasteiger partial charge in [0.25, 0.3) is 0 Å². The van der Waals surface area contributed by atoms with Crippen molar-refractivity contribution in [3.63, 3.8) is 0 Å². The second kappa shape index (κ2) is 3.69. The molecule has 2 rings (SSSR count). The number of aryl methyl sites for hydroxylation is 1. The molecule has 0 fully saturated rings. The minimum absolute atomic E-state index is 0.165. The van der Waals surface area contributed by atoms with Gasteiger partial charge in [0.05, 0.1) is 0 Å². The fraction of sp³-hybridized carbons (Fsp3) is 0.0909. The molecule has 0 saturated heterocycles. The summed E-state index contributed by atoms with van der Waals surface area (Å²) in [5.74, 6) is -1.01. The molecular weight excluding hydrogens is 206 g/mol. The molecule has 5 heteroatoms. The SMILES string of the molecule is Cc1[nH]nc(-c2ccccc2N)c1C(=O)O. The number of H-pyrrole nitrogens is 1. The summed E-state index contributed by atoms with van der Waals surface area (Å²) in [5.41, 5.74) is 7.99. The van der Waals surface area contributed by atoms with Crippen molar-refractivity contribution in [2.75, 3.05) is 5.73 Å². The summed E-state index contributed by atoms with van der Waals surface area (Å²) >= 11 is 0. The topological polar surface area (TPSA) is 92.0 Å². The molecule has 0 aliphatic heterocycles. The Labute approximate surface area is 91.9 Å². The normalized spacial score (nSPS) is 10.3. The predicted molar refractivity (Wildman–Crippen MR) is 60.1 cm³/mol. The fourth-order valence-electron chi connectivity index (χ4n) is 1.60. The summed E-state index contributed by atoms with van der Waals surface area (Å²) in [7, 11) is 0. The number of nitrogens with one attached hydrogen (secondary N) is 1. The van der Waals surface area contributed by atoms with Crippen LogP contribution in [0.2, 0.25) is 0 Å². The first kappa shape index (κ1) is 10.2. The molecule has 5 nitrogen and oxygen atoms in total. The number of nitrogens with zero attached hydrogens (tertiary/aromatic N) is 1. The van der Waals surface area contributed by atoms with Gasteiger partial charge in [0.1, 0.15) is 11.3 Å². The first-order valence-corrected chi connectivity index (χ1v) is 4.74. The zero-order valence-electron chi connectivity index (χ0n) is 8.69. The van der Waals surface area contributed by atoms with Crippen molar-refractivity contribution in [1.29, 1.82) is 0 Å². The van der Waals surface area contributed by atoms with E-state index in [4.69, 9.17) is 10.8 Å². The lowest BCUT2D eigenvalue weighted by atomic mass is 10.0. The van der Waals surface area contributed by atoms with Crippen LogP contribution in [0.4, 0.5) is 5.69 Å². The van der Waals surface area contributed by atoms with Crippen molar-refractivity contribution in [3.8, 4) is 11.3 Å². The summed E-state index contributed by atoms with van der Waals surface area (Å²) in [5, 5.41) is 15.7. The number of carboxylic acids is 1. The van der Waals surface area contributed by atoms with Crippen molar-refractivity contribution in [3.05, 3.63) is 35.5 Å². The van der Waals surface area contributed by atoms with Gasteiger partial charge in [-0.3, -0.25) is 5.10 Å². The molecule has 1 heterocycles. The van der Waals surface area contributed by atoms with E-state index in [9.17, 15) is 4.79 Å². The number of hydrogen-bond donors (Lipinski definition) is 3. The van der Waals surface area contributed by atoms with Gasteiger partial charge >= 0.3 is 5.97 Å². The molecule has 16 heavy (non-hydrogen) atoms. The molecule has 0 aliphatic rings. The van der Waals surface area contributed by atoms with Crippen LogP contribution in [-0.4, -0.2) is 21.3 Å². The number of nitrogens with two attached hydrogens (primary N) is 1. The molecule has 4 N–H and O–H groups in total. The number of aromatic amines is 1. The highest BCUT2D eigenvalue weighted by Gasteiger charge is 2.19. The average molecular weight is 217 g/mol. The van der Waals surface area contributed by atoms with E-state index in [2.05, 4.69) is 10.2 Å². The highest BCUT2D eigenvalue weighted by molar-refractivity contribution is 5.97. The highest BCUT2D eigenvalue weighted by Crippen LogP contribution is 2.28. The van der Waals surface area contributed by atoms with Gasteiger partial charge in [-0.1, -0.05) is 18.2 Å². The van der Waals surface area contributed by atoms with E-state index in [1.54, 1.807) is 31.2 Å². The van der Waals surface area contributed by atoms with E-state index in [1.165, 1.54) is 0 Å². The number of carbonyl (C=O) groups is 1. The summed E-state index contributed by atoms with van der Waals surface area (Å²) in [6.07, 6.45) is 0. The fourth-order valence-corrected chi connectivity index (χ4v) is 1.60. The van der Waals surface area contributed by atoms with Gasteiger partial charge in [0, 0.05) is 16.9 Å². The number of benzene rings is 1. The molecule has 2 aromatic rings. The number of para-hydroxylation sites is 1. The Hall–Kier alpha value is -2.30. The Balaban J connectivity index is 2.66. The maximum atomic E-state index is 11.1. The number of nitrogen functional groups attached to an aromatic ring is 1. The first-order chi connectivity index (χ1) is 7.61. The molecule has 0 spiro atoms. The van der Waals surface area contributed by atoms with E-state index in [0.29, 0.717) is 22.6 Å². The summed E-state index contributed by atoms with van der Waals surface area (Å²) in [6, 6.07) is 7.04. The Morgan fingerprint density at radius 2 is 2.12 bits per heavy atom. The number of anilines is 1. The summed E-state index contributed by atoms with van der Waals surface area (Å²) in [4.78, 5) is 11.1. The van der Waals surface area contributed by atoms with Crippen molar-refractivity contribution in [2.45, 2.75) is 6.92 Å². The van der Waals surface area contributed by atoms with Crippen LogP contribution in [0.1, 0.15) is 16.1 Å². The maximum Gasteiger partial charge on any atom is 0.339 e. The molecule has 82 valence electrons. The molecule has 0 saturated carbocycles. The Morgan fingerprint density at radius 1 is 1.44 bits per heavy atom. The van der Waals surface area contributed by atoms with Crippen LogP contribution in [0.5, 0.6) is 0 Å². The molecule has 0 unspecified atom stereocenters. The van der Waals surface area contributed by atoms with Crippen molar-refractivity contribution < 1.29 is 9.90 Å². The number of hydrogen-bond acceptors (Lipinski definition) is 3. The van der Waals surface area contributed by atoms with Gasteiger partial charge in [0.2, 0.25) is 0 Å². The minimum atomic E-state index is -1.01. The molecule has 1 aromatic carbocycles. The van der Waals surface area contributed by atoms with E-state index >= 15 is 0 Å². The van der Waals surface area contributed by atoms with Gasteiger partial charge in [-0.15, -0.1) is 0 Å². The smallest absolute Gasteiger partial charge is 0.339 e. The second-order valence-corrected chi connectivity index (χ2v) is 3.46. The molecule has 0 aliphatic carbocycles. The van der Waals surface area contributed by atoms with E-state index < -0.39 is 5.97 Å². The molecular formula is C11H11N3O2. The molecule has 0 radical (unpaired) electrons. The van der Waals surface area contributed by atoms with Crippen LogP contribution in [0, 0.1) is 6.92 Å². The van der Waals surface area contributed by atoms with Crippen LogP contribution >= 0.6 is 0 Å². The third-order valence-corrected chi connectivity index (χ3v) is 2.38. The molecule has 0 bridgehead atoms. The standard InChI is InChI=1S/C11H11N3O2/c1-6-9(11(15)16)10(14-13-6)7-4-2-3-5-8(7)12/h2-5H,12H2,1H3,(H,13,14)(H,15,16). The number of rotatable bonds is 2. The Kier molecular flexibility index (Phi) is 2.36. The average Bonchev–Trinajstić information content (AvgIpc) is 2.61. The lowest BCUT2D eigenvalue weighted by Gasteiger charge is -2.02. The third-order valence-electron chi connectivity index (χ3n) is 2.38. The van der Waals surface area contributed by atoms with E-state index in [0.717, 1.165) is 0 Å². The van der Waals surface area contributed by atoms with Crippen LogP contribution < -0.4 is 5.73 Å². The number of aromatic nitrogens is 2. The van der Waals surface area contributed by atoms with Gasteiger partial charge < -0.3 is 10.8 Å². The first-order valence-electron chi connectivity index (χ1n) is 4.74. The van der Waals surface area contributed by atoms with Crippen LogP contribution in [-0.2, 0) is 0 Å². The highest BCUT2D eigenvalue weighted by atomic mass is 16.4. The zero-order valence-corrected chi connectivity index (χ0v) is 8.69.